The molecule has 0 saturated heterocycles. The van der Waals surface area contributed by atoms with E-state index in [2.05, 4.69) is 20.0 Å². The van der Waals surface area contributed by atoms with E-state index in [1.54, 1.807) is 6.92 Å². The Balaban J connectivity index is 2.96. The smallest absolute Gasteiger partial charge is 0.345 e. The summed E-state index contributed by atoms with van der Waals surface area (Å²) in [4.78, 5) is 39.2. The van der Waals surface area contributed by atoms with Gasteiger partial charge >= 0.3 is 5.97 Å². The number of amides is 1. The predicted octanol–water partition coefficient (Wildman–Crippen LogP) is -0.0950. The zero-order valence-electron chi connectivity index (χ0n) is 8.86. The summed E-state index contributed by atoms with van der Waals surface area (Å²) < 4.78 is 4.64. The van der Waals surface area contributed by atoms with Gasteiger partial charge in [-0.05, 0) is 6.92 Å². The number of nitrogens with one attached hydrogen (secondary N) is 2. The molecule has 0 atom stereocenters. The first-order chi connectivity index (χ1) is 7.54. The first kappa shape index (κ1) is 11.9. The predicted molar refractivity (Wildman–Crippen MR) is 55.1 cm³/mol. The van der Waals surface area contributed by atoms with Crippen LogP contribution in [0.4, 0.5) is 5.95 Å². The Bertz CT molecular complexity index is 466. The van der Waals surface area contributed by atoms with E-state index in [0.717, 1.165) is 6.20 Å². The van der Waals surface area contributed by atoms with Crippen LogP contribution < -0.4 is 10.9 Å². The maximum Gasteiger partial charge on any atom is 0.345 e. The van der Waals surface area contributed by atoms with Crippen molar-refractivity contribution in [3.05, 3.63) is 22.1 Å². The summed E-state index contributed by atoms with van der Waals surface area (Å²) in [6.07, 6.45) is 1.06. The maximum absolute atomic E-state index is 11.4. The van der Waals surface area contributed by atoms with Crippen LogP contribution in [-0.4, -0.2) is 28.5 Å². The normalized spacial score (nSPS) is 9.62. The molecule has 1 aromatic heterocycles. The number of hydrogen-bond donors (Lipinski definition) is 2. The molecule has 0 unspecified atom stereocenters. The van der Waals surface area contributed by atoms with Gasteiger partial charge in [0.15, 0.2) is 0 Å². The summed E-state index contributed by atoms with van der Waals surface area (Å²) in [6.45, 7) is 3.08. The van der Waals surface area contributed by atoms with Gasteiger partial charge in [-0.25, -0.2) is 9.78 Å². The fourth-order valence-electron chi connectivity index (χ4n) is 0.979. The van der Waals surface area contributed by atoms with E-state index in [1.165, 1.54) is 6.92 Å². The van der Waals surface area contributed by atoms with Crippen molar-refractivity contribution in [3.8, 4) is 0 Å². The van der Waals surface area contributed by atoms with Gasteiger partial charge in [0.1, 0.15) is 5.56 Å². The average molecular weight is 225 g/mol. The lowest BCUT2D eigenvalue weighted by Gasteiger charge is -2.02. The van der Waals surface area contributed by atoms with Crippen LogP contribution in [0.3, 0.4) is 0 Å². The van der Waals surface area contributed by atoms with Crippen molar-refractivity contribution < 1.29 is 14.3 Å². The lowest BCUT2D eigenvalue weighted by atomic mass is 10.3. The number of esters is 1. The lowest BCUT2D eigenvalue weighted by molar-refractivity contribution is -0.114. The third-order valence-corrected chi connectivity index (χ3v) is 1.59. The molecule has 16 heavy (non-hydrogen) atoms. The third kappa shape index (κ3) is 2.91. The molecule has 7 nitrogen and oxygen atoms in total. The fraction of sp³-hybridized carbons (Fsp3) is 0.333. The highest BCUT2D eigenvalue weighted by Gasteiger charge is 2.12. The number of carbonyl (C=O) groups excluding carboxylic acids is 2. The van der Waals surface area contributed by atoms with Gasteiger partial charge < -0.3 is 4.74 Å². The van der Waals surface area contributed by atoms with Crippen LogP contribution in [0, 0.1) is 0 Å². The Morgan fingerprint density at radius 1 is 1.56 bits per heavy atom. The largest absolute Gasteiger partial charge is 0.462 e. The van der Waals surface area contributed by atoms with Crippen molar-refractivity contribution in [2.24, 2.45) is 0 Å². The van der Waals surface area contributed by atoms with Crippen molar-refractivity contribution in [3.63, 3.8) is 0 Å². The molecule has 0 aliphatic rings. The minimum absolute atomic E-state index is 0.00875. The van der Waals surface area contributed by atoms with E-state index in [0.29, 0.717) is 0 Å². The number of carbonyl (C=O) groups is 2. The Labute approximate surface area is 90.8 Å². The van der Waals surface area contributed by atoms with Crippen LogP contribution in [0.25, 0.3) is 0 Å². The molecule has 0 radical (unpaired) electrons. The number of aromatic nitrogens is 2. The molecule has 0 aliphatic carbocycles. The van der Waals surface area contributed by atoms with Crippen molar-refractivity contribution in [1.82, 2.24) is 9.97 Å². The third-order valence-electron chi connectivity index (χ3n) is 1.59. The summed E-state index contributed by atoms with van der Waals surface area (Å²) in [7, 11) is 0. The van der Waals surface area contributed by atoms with Gasteiger partial charge in [0, 0.05) is 6.92 Å². The van der Waals surface area contributed by atoms with Crippen LogP contribution in [0.15, 0.2) is 11.0 Å². The second-order valence-electron chi connectivity index (χ2n) is 2.88. The maximum atomic E-state index is 11.4. The monoisotopic (exact) mass is 225 g/mol. The second kappa shape index (κ2) is 5.06. The zero-order chi connectivity index (χ0) is 12.1. The topological polar surface area (TPSA) is 101 Å². The highest BCUT2D eigenvalue weighted by molar-refractivity contribution is 5.89. The standard InChI is InChI=1S/C9H11N3O4/c1-3-16-8(15)6-4-10-9(11-5(2)13)12-7(6)14/h4H,3H2,1-2H3,(H2,10,11,12,13,14). The first-order valence-electron chi connectivity index (χ1n) is 4.58. The second-order valence-corrected chi connectivity index (χ2v) is 2.88. The fourth-order valence-corrected chi connectivity index (χ4v) is 0.979. The van der Waals surface area contributed by atoms with Crippen LogP contribution in [0.5, 0.6) is 0 Å². The van der Waals surface area contributed by atoms with Crippen LogP contribution in [0.2, 0.25) is 0 Å². The first-order valence-corrected chi connectivity index (χ1v) is 4.58. The molecule has 0 saturated carbocycles. The van der Waals surface area contributed by atoms with Crippen LogP contribution >= 0.6 is 0 Å². The Kier molecular flexibility index (Phi) is 3.76. The molecule has 1 heterocycles. The van der Waals surface area contributed by atoms with E-state index in [-0.39, 0.29) is 24.0 Å². The van der Waals surface area contributed by atoms with Crippen molar-refractivity contribution in [2.75, 3.05) is 11.9 Å². The molecule has 1 amide bonds. The van der Waals surface area contributed by atoms with Gasteiger partial charge in [-0.1, -0.05) is 0 Å². The summed E-state index contributed by atoms with van der Waals surface area (Å²) in [5.41, 5.74) is -0.854. The highest BCUT2D eigenvalue weighted by Crippen LogP contribution is 1.97. The number of anilines is 1. The Hall–Kier alpha value is -2.18. The quantitative estimate of drug-likeness (QED) is 0.700. The van der Waals surface area contributed by atoms with Gasteiger partial charge in [-0.3, -0.25) is 19.9 Å². The summed E-state index contributed by atoms with van der Waals surface area (Å²) in [6, 6.07) is 0. The van der Waals surface area contributed by atoms with Gasteiger partial charge in [-0.15, -0.1) is 0 Å². The van der Waals surface area contributed by atoms with Crippen molar-refractivity contribution >= 4 is 17.8 Å². The number of ether oxygens (including phenoxy) is 1. The summed E-state index contributed by atoms with van der Waals surface area (Å²) in [5, 5.41) is 2.29. The van der Waals surface area contributed by atoms with Crippen LogP contribution in [0.1, 0.15) is 24.2 Å². The number of aromatic amines is 1. The van der Waals surface area contributed by atoms with Gasteiger partial charge in [0.25, 0.3) is 5.56 Å². The van der Waals surface area contributed by atoms with E-state index < -0.39 is 11.5 Å². The molecule has 0 fully saturated rings. The summed E-state index contributed by atoms with van der Waals surface area (Å²) >= 11 is 0. The van der Waals surface area contributed by atoms with Gasteiger partial charge in [0.2, 0.25) is 11.9 Å². The van der Waals surface area contributed by atoms with E-state index in [4.69, 9.17) is 0 Å². The molecular weight excluding hydrogens is 214 g/mol. The van der Waals surface area contributed by atoms with Gasteiger partial charge in [0.05, 0.1) is 12.8 Å². The number of H-pyrrole nitrogens is 1. The van der Waals surface area contributed by atoms with E-state index in [1.807, 2.05) is 0 Å². The molecular formula is C9H11N3O4. The van der Waals surface area contributed by atoms with E-state index >= 15 is 0 Å². The molecule has 86 valence electrons. The molecule has 0 spiro atoms. The average Bonchev–Trinajstić information content (AvgIpc) is 2.16. The van der Waals surface area contributed by atoms with Gasteiger partial charge in [-0.2, -0.15) is 0 Å². The minimum atomic E-state index is -0.745. The summed E-state index contributed by atoms with van der Waals surface area (Å²) in [5.74, 6) is -1.12. The highest BCUT2D eigenvalue weighted by atomic mass is 16.5. The Morgan fingerprint density at radius 3 is 2.75 bits per heavy atom. The molecule has 7 heteroatoms. The van der Waals surface area contributed by atoms with Crippen molar-refractivity contribution in [1.29, 1.82) is 0 Å². The molecule has 0 aliphatic heterocycles. The van der Waals surface area contributed by atoms with Crippen molar-refractivity contribution in [2.45, 2.75) is 13.8 Å². The SMILES string of the molecule is CCOC(=O)c1cnc(NC(C)=O)[nH]c1=O. The zero-order valence-corrected chi connectivity index (χ0v) is 8.86. The molecule has 2 N–H and O–H groups in total. The number of nitrogens with zero attached hydrogens (tertiary/aromatic N) is 1. The lowest BCUT2D eigenvalue weighted by Crippen LogP contribution is -2.22. The molecule has 1 aromatic rings. The molecule has 0 bridgehead atoms. The number of rotatable bonds is 3. The number of hydrogen-bond acceptors (Lipinski definition) is 5. The van der Waals surface area contributed by atoms with Crippen LogP contribution in [-0.2, 0) is 9.53 Å². The Morgan fingerprint density at radius 2 is 2.25 bits per heavy atom. The van der Waals surface area contributed by atoms with E-state index in [9.17, 15) is 14.4 Å². The molecule has 1 rings (SSSR count). The minimum Gasteiger partial charge on any atom is -0.462 e. The molecule has 0 aromatic carbocycles.